The van der Waals surface area contributed by atoms with Crippen LogP contribution in [0.3, 0.4) is 0 Å². The molecule has 0 saturated heterocycles. The van der Waals surface area contributed by atoms with Gasteiger partial charge in [0.05, 0.1) is 16.6 Å². The largest absolute Gasteiger partial charge is 0.497 e. The number of hydrogen-bond acceptors (Lipinski definition) is 1. The molecule has 0 spiro atoms. The molecule has 0 N–H and O–H groups in total. The second kappa shape index (κ2) is 3.79. The van der Waals surface area contributed by atoms with E-state index >= 15 is 0 Å². The highest BCUT2D eigenvalue weighted by atomic mass is 35.5. The topological polar surface area (TPSA) is 9.23 Å². The first-order valence-corrected chi connectivity index (χ1v) is 5.16. The van der Waals surface area contributed by atoms with E-state index in [9.17, 15) is 0 Å². The average Bonchev–Trinajstić information content (AvgIpc) is 2.03. The highest BCUT2D eigenvalue weighted by molar-refractivity contribution is 6.52. The lowest BCUT2D eigenvalue weighted by Crippen LogP contribution is -2.09. The van der Waals surface area contributed by atoms with Crippen LogP contribution in [-0.2, 0) is 0 Å². The first-order chi connectivity index (χ1) is 5.26. The number of rotatable bonds is 2. The van der Waals surface area contributed by atoms with Crippen LogP contribution < -0.4 is 9.92 Å². The highest BCUT2D eigenvalue weighted by Crippen LogP contribution is 2.14. The smallest absolute Gasteiger partial charge is 0.120 e. The molecule has 0 saturated carbocycles. The standard InChI is InChI=1S/C8H9ClOSi/c1-10-7-3-6(9)4-8(5-7)11-2/h3-5H,1-2H3. The zero-order valence-electron chi connectivity index (χ0n) is 6.52. The minimum absolute atomic E-state index is 0.744. The molecule has 2 radical (unpaired) electrons. The molecule has 1 aromatic rings. The van der Waals surface area contributed by atoms with Crippen molar-refractivity contribution >= 4 is 26.3 Å². The van der Waals surface area contributed by atoms with Crippen molar-refractivity contribution in [3.63, 3.8) is 0 Å². The van der Waals surface area contributed by atoms with Gasteiger partial charge in [-0.15, -0.1) is 0 Å². The monoisotopic (exact) mass is 184 g/mol. The minimum Gasteiger partial charge on any atom is -0.497 e. The summed E-state index contributed by atoms with van der Waals surface area (Å²) < 4.78 is 5.06. The predicted octanol–water partition coefficient (Wildman–Crippen LogP) is 1.73. The van der Waals surface area contributed by atoms with Crippen LogP contribution in [0.25, 0.3) is 0 Å². The van der Waals surface area contributed by atoms with Gasteiger partial charge in [0, 0.05) is 5.02 Å². The van der Waals surface area contributed by atoms with E-state index in [1.54, 1.807) is 7.11 Å². The Morgan fingerprint density at radius 2 is 2.09 bits per heavy atom. The molecule has 0 unspecified atom stereocenters. The minimum atomic E-state index is 0.744. The van der Waals surface area contributed by atoms with E-state index in [4.69, 9.17) is 16.3 Å². The van der Waals surface area contributed by atoms with E-state index < -0.39 is 0 Å². The second-order valence-corrected chi connectivity index (χ2v) is 3.64. The van der Waals surface area contributed by atoms with Gasteiger partial charge in [0.25, 0.3) is 0 Å². The molecule has 0 aliphatic carbocycles. The van der Waals surface area contributed by atoms with Gasteiger partial charge in [0.1, 0.15) is 5.75 Å². The fourth-order valence-electron chi connectivity index (χ4n) is 0.825. The fraction of sp³-hybridized carbons (Fsp3) is 0.250. The summed E-state index contributed by atoms with van der Waals surface area (Å²) in [5.41, 5.74) is 0. The van der Waals surface area contributed by atoms with Crippen molar-refractivity contribution in [3.8, 4) is 5.75 Å². The molecule has 0 heterocycles. The maximum Gasteiger partial charge on any atom is 0.120 e. The molecular formula is C8H9ClOSi. The second-order valence-electron chi connectivity index (χ2n) is 2.13. The number of methoxy groups -OCH3 is 1. The Morgan fingerprint density at radius 3 is 2.64 bits per heavy atom. The summed E-state index contributed by atoms with van der Waals surface area (Å²) in [6, 6.07) is 5.78. The highest BCUT2D eigenvalue weighted by Gasteiger charge is 1.97. The first kappa shape index (κ1) is 8.62. The average molecular weight is 185 g/mol. The molecule has 0 aliphatic heterocycles. The zero-order chi connectivity index (χ0) is 8.27. The van der Waals surface area contributed by atoms with Gasteiger partial charge in [-0.2, -0.15) is 0 Å². The molecular weight excluding hydrogens is 176 g/mol. The predicted molar refractivity (Wildman–Crippen MR) is 49.3 cm³/mol. The Bertz CT molecular complexity index is 228. The summed E-state index contributed by atoms with van der Waals surface area (Å²) in [6.45, 7) is 2.12. The van der Waals surface area contributed by atoms with E-state index in [1.807, 2.05) is 18.2 Å². The lowest BCUT2D eigenvalue weighted by atomic mass is 10.3. The molecule has 1 nitrogen and oxygen atoms in total. The number of ether oxygens (including phenoxy) is 1. The van der Waals surface area contributed by atoms with Crippen LogP contribution in [0.4, 0.5) is 0 Å². The van der Waals surface area contributed by atoms with E-state index in [1.165, 1.54) is 5.19 Å². The summed E-state index contributed by atoms with van der Waals surface area (Å²) in [7, 11) is 2.41. The molecule has 58 valence electrons. The molecule has 1 aromatic carbocycles. The van der Waals surface area contributed by atoms with Crippen molar-refractivity contribution in [2.75, 3.05) is 7.11 Å². The zero-order valence-corrected chi connectivity index (χ0v) is 8.27. The van der Waals surface area contributed by atoms with Crippen LogP contribution in [0.15, 0.2) is 18.2 Å². The third-order valence-corrected chi connectivity index (χ3v) is 2.48. The van der Waals surface area contributed by atoms with Crippen LogP contribution in [0, 0.1) is 0 Å². The molecule has 0 atom stereocenters. The van der Waals surface area contributed by atoms with Gasteiger partial charge < -0.3 is 4.74 Å². The maximum atomic E-state index is 5.83. The van der Waals surface area contributed by atoms with Crippen molar-refractivity contribution in [2.45, 2.75) is 6.55 Å². The SMILES string of the molecule is COc1cc(Cl)cc([Si]C)c1. The van der Waals surface area contributed by atoms with E-state index in [2.05, 4.69) is 6.55 Å². The molecule has 0 aliphatic rings. The molecule has 0 fully saturated rings. The third-order valence-electron chi connectivity index (χ3n) is 1.40. The Hall–Kier alpha value is -0.473. The molecule has 1 rings (SSSR count). The van der Waals surface area contributed by atoms with Gasteiger partial charge in [0.15, 0.2) is 0 Å². The molecule has 11 heavy (non-hydrogen) atoms. The summed E-state index contributed by atoms with van der Waals surface area (Å²) in [5, 5.41) is 1.98. The van der Waals surface area contributed by atoms with Crippen molar-refractivity contribution < 1.29 is 4.74 Å². The van der Waals surface area contributed by atoms with Gasteiger partial charge in [-0.05, 0) is 18.2 Å². The van der Waals surface area contributed by atoms with Crippen LogP contribution in [0.2, 0.25) is 11.6 Å². The summed E-state index contributed by atoms with van der Waals surface area (Å²) in [5.74, 6) is 0.835. The molecule has 3 heteroatoms. The van der Waals surface area contributed by atoms with Crippen LogP contribution in [-0.4, -0.2) is 16.6 Å². The van der Waals surface area contributed by atoms with Crippen molar-refractivity contribution in [2.24, 2.45) is 0 Å². The normalized spacial score (nSPS) is 9.73. The Kier molecular flexibility index (Phi) is 2.97. The van der Waals surface area contributed by atoms with Gasteiger partial charge in [-0.3, -0.25) is 0 Å². The lowest BCUT2D eigenvalue weighted by Gasteiger charge is -2.02. The van der Waals surface area contributed by atoms with Crippen molar-refractivity contribution in [1.82, 2.24) is 0 Å². The quantitative estimate of drug-likeness (QED) is 0.637. The maximum absolute atomic E-state index is 5.83. The first-order valence-electron chi connectivity index (χ1n) is 3.28. The van der Waals surface area contributed by atoms with Crippen LogP contribution in [0.5, 0.6) is 5.75 Å². The third kappa shape index (κ3) is 2.24. The summed E-state index contributed by atoms with van der Waals surface area (Å²) in [4.78, 5) is 0. The Balaban J connectivity index is 3.02. The van der Waals surface area contributed by atoms with Gasteiger partial charge in [-0.25, -0.2) is 0 Å². The molecule has 0 aromatic heterocycles. The van der Waals surface area contributed by atoms with Gasteiger partial charge in [-0.1, -0.05) is 23.3 Å². The number of benzene rings is 1. The lowest BCUT2D eigenvalue weighted by molar-refractivity contribution is 0.415. The van der Waals surface area contributed by atoms with E-state index in [-0.39, 0.29) is 0 Å². The van der Waals surface area contributed by atoms with Crippen LogP contribution in [0.1, 0.15) is 0 Å². The number of halogens is 1. The molecule has 0 bridgehead atoms. The molecule has 0 amide bonds. The van der Waals surface area contributed by atoms with E-state index in [0.29, 0.717) is 0 Å². The van der Waals surface area contributed by atoms with Gasteiger partial charge in [0.2, 0.25) is 0 Å². The fourth-order valence-corrected chi connectivity index (χ4v) is 1.73. The summed E-state index contributed by atoms with van der Waals surface area (Å²) >= 11 is 5.83. The van der Waals surface area contributed by atoms with Crippen molar-refractivity contribution in [1.29, 1.82) is 0 Å². The van der Waals surface area contributed by atoms with E-state index in [0.717, 1.165) is 20.3 Å². The number of hydrogen-bond donors (Lipinski definition) is 0. The summed E-state index contributed by atoms with van der Waals surface area (Å²) in [6.07, 6.45) is 0. The van der Waals surface area contributed by atoms with Crippen LogP contribution >= 0.6 is 11.6 Å². The Labute approximate surface area is 74.2 Å². The van der Waals surface area contributed by atoms with Gasteiger partial charge >= 0.3 is 0 Å². The Morgan fingerprint density at radius 1 is 1.36 bits per heavy atom. The van der Waals surface area contributed by atoms with Crippen molar-refractivity contribution in [3.05, 3.63) is 23.2 Å².